The van der Waals surface area contributed by atoms with E-state index in [-0.39, 0.29) is 21.4 Å². The number of hydrogen-bond acceptors (Lipinski definition) is 5. The van der Waals surface area contributed by atoms with Gasteiger partial charge < -0.3 is 4.90 Å². The van der Waals surface area contributed by atoms with E-state index >= 15 is 0 Å². The first kappa shape index (κ1) is 19.7. The van der Waals surface area contributed by atoms with Crippen molar-refractivity contribution in [3.05, 3.63) is 62.1 Å². The summed E-state index contributed by atoms with van der Waals surface area (Å²) >= 11 is 12.1. The molecule has 2 aromatic carbocycles. The zero-order chi connectivity index (χ0) is 19.1. The molecule has 0 atom stereocenters. The van der Waals surface area contributed by atoms with E-state index in [0.717, 1.165) is 17.8 Å². The maximum atomic E-state index is 10.8. The number of aliphatic imine (C=N–C) groups is 1. The van der Waals surface area contributed by atoms with Crippen LogP contribution in [0.1, 0.15) is 18.9 Å². The van der Waals surface area contributed by atoms with E-state index in [1.807, 2.05) is 31.2 Å². The lowest BCUT2D eigenvalue weighted by Gasteiger charge is -2.21. The fourth-order valence-electron chi connectivity index (χ4n) is 2.35. The maximum Gasteiger partial charge on any atom is 0.272 e. The number of non-ortho nitro benzene ring substituents is 1. The summed E-state index contributed by atoms with van der Waals surface area (Å²) in [5.41, 5.74) is 1.95. The van der Waals surface area contributed by atoms with Gasteiger partial charge in [0, 0.05) is 37.1 Å². The van der Waals surface area contributed by atoms with Crippen LogP contribution in [0.5, 0.6) is 0 Å². The number of nitriles is 1. The van der Waals surface area contributed by atoms with Crippen LogP contribution in [0.2, 0.25) is 10.0 Å². The molecule has 0 unspecified atom stereocenters. The van der Waals surface area contributed by atoms with Gasteiger partial charge in [-0.1, -0.05) is 35.3 Å². The normalized spacial score (nSPS) is 10.7. The molecule has 0 N–H and O–H groups in total. The highest BCUT2D eigenvalue weighted by molar-refractivity contribution is 6.39. The first-order valence-electron chi connectivity index (χ1n) is 7.85. The molecule has 0 saturated heterocycles. The fourth-order valence-corrected chi connectivity index (χ4v) is 2.92. The predicted octanol–water partition coefficient (Wildman–Crippen LogP) is 5.39. The molecule has 2 rings (SSSR count). The maximum absolute atomic E-state index is 10.8. The van der Waals surface area contributed by atoms with E-state index in [9.17, 15) is 10.1 Å². The topological polar surface area (TPSA) is 82.5 Å². The molecule has 0 fully saturated rings. The van der Waals surface area contributed by atoms with E-state index in [1.54, 1.807) is 6.21 Å². The molecule has 0 saturated carbocycles. The number of anilines is 1. The van der Waals surface area contributed by atoms with Crippen molar-refractivity contribution in [2.24, 2.45) is 4.99 Å². The van der Waals surface area contributed by atoms with Crippen molar-refractivity contribution in [1.29, 1.82) is 5.26 Å². The molecule has 0 aliphatic heterocycles. The first-order chi connectivity index (χ1) is 12.5. The number of nitrogens with zero attached hydrogens (tertiary/aromatic N) is 4. The Balaban J connectivity index is 2.19. The largest absolute Gasteiger partial charge is 0.371 e. The van der Waals surface area contributed by atoms with Crippen LogP contribution < -0.4 is 4.90 Å². The first-order valence-corrected chi connectivity index (χ1v) is 8.61. The molecule has 2 aromatic rings. The van der Waals surface area contributed by atoms with Crippen molar-refractivity contribution in [2.45, 2.75) is 13.3 Å². The molecule has 0 amide bonds. The van der Waals surface area contributed by atoms with Crippen LogP contribution in [0, 0.1) is 21.4 Å². The lowest BCUT2D eigenvalue weighted by atomic mass is 10.2. The van der Waals surface area contributed by atoms with Crippen LogP contribution in [0.15, 0.2) is 41.4 Å². The number of nitro groups is 1. The van der Waals surface area contributed by atoms with Gasteiger partial charge in [-0.2, -0.15) is 5.26 Å². The number of rotatable bonds is 7. The van der Waals surface area contributed by atoms with Gasteiger partial charge in [-0.3, -0.25) is 15.1 Å². The lowest BCUT2D eigenvalue weighted by molar-refractivity contribution is -0.384. The van der Waals surface area contributed by atoms with Crippen molar-refractivity contribution in [2.75, 3.05) is 18.0 Å². The Morgan fingerprint density at radius 2 is 1.88 bits per heavy atom. The zero-order valence-electron chi connectivity index (χ0n) is 14.0. The van der Waals surface area contributed by atoms with Gasteiger partial charge in [-0.15, -0.1) is 0 Å². The van der Waals surface area contributed by atoms with Crippen LogP contribution in [0.3, 0.4) is 0 Å². The van der Waals surface area contributed by atoms with Crippen molar-refractivity contribution in [1.82, 2.24) is 0 Å². The summed E-state index contributed by atoms with van der Waals surface area (Å²) in [5, 5.41) is 19.8. The average molecular weight is 391 g/mol. The second-order valence-electron chi connectivity index (χ2n) is 5.35. The van der Waals surface area contributed by atoms with Gasteiger partial charge in [0.05, 0.1) is 27.5 Å². The summed E-state index contributed by atoms with van der Waals surface area (Å²) in [6.45, 7) is 3.52. The molecular formula is C18H16Cl2N4O2. The van der Waals surface area contributed by atoms with Crippen LogP contribution in [0.4, 0.5) is 17.1 Å². The predicted molar refractivity (Wildman–Crippen MR) is 105 cm³/mol. The number of hydrogen-bond donors (Lipinski definition) is 0. The van der Waals surface area contributed by atoms with Gasteiger partial charge in [-0.25, -0.2) is 0 Å². The molecule has 8 heteroatoms. The summed E-state index contributed by atoms with van der Waals surface area (Å²) in [7, 11) is 0. The molecule has 0 heterocycles. The van der Waals surface area contributed by atoms with Crippen molar-refractivity contribution in [3.63, 3.8) is 0 Å². The van der Waals surface area contributed by atoms with E-state index in [4.69, 9.17) is 28.5 Å². The number of halogens is 2. The highest BCUT2D eigenvalue weighted by Gasteiger charge is 2.13. The molecule has 0 bridgehead atoms. The molecule has 0 aliphatic carbocycles. The Morgan fingerprint density at radius 1 is 1.27 bits per heavy atom. The third-order valence-electron chi connectivity index (χ3n) is 3.69. The second kappa shape index (κ2) is 9.18. The van der Waals surface area contributed by atoms with Gasteiger partial charge in [0.15, 0.2) is 0 Å². The number of benzene rings is 2. The van der Waals surface area contributed by atoms with Crippen molar-refractivity contribution >= 4 is 46.5 Å². The molecule has 0 spiro atoms. The summed E-state index contributed by atoms with van der Waals surface area (Å²) in [4.78, 5) is 16.6. The highest BCUT2D eigenvalue weighted by atomic mass is 35.5. The molecule has 0 radical (unpaired) electrons. The third-order valence-corrected chi connectivity index (χ3v) is 4.26. The molecular weight excluding hydrogens is 375 g/mol. The Labute approximate surface area is 161 Å². The lowest BCUT2D eigenvalue weighted by Crippen LogP contribution is -2.23. The van der Waals surface area contributed by atoms with E-state index in [1.165, 1.54) is 12.1 Å². The van der Waals surface area contributed by atoms with Crippen LogP contribution in [0.25, 0.3) is 0 Å². The van der Waals surface area contributed by atoms with Gasteiger partial charge in [0.2, 0.25) is 0 Å². The molecule has 26 heavy (non-hydrogen) atoms. The van der Waals surface area contributed by atoms with E-state index in [0.29, 0.717) is 13.0 Å². The Hall–Kier alpha value is -2.62. The smallest absolute Gasteiger partial charge is 0.272 e. The van der Waals surface area contributed by atoms with Gasteiger partial charge in [-0.05, 0) is 24.6 Å². The second-order valence-corrected chi connectivity index (χ2v) is 6.17. The summed E-state index contributed by atoms with van der Waals surface area (Å²) in [6.07, 6.45) is 2.06. The SMILES string of the molecule is CCN(CCC#N)c1ccc(C=Nc2c(Cl)cc([N+](=O)[O-])cc2Cl)cc1. The van der Waals surface area contributed by atoms with Crippen molar-refractivity contribution < 1.29 is 4.92 Å². The summed E-state index contributed by atoms with van der Waals surface area (Å²) in [6, 6.07) is 12.3. The molecule has 0 aliphatic rings. The van der Waals surface area contributed by atoms with Crippen LogP contribution in [-0.4, -0.2) is 24.2 Å². The minimum absolute atomic E-state index is 0.116. The van der Waals surface area contributed by atoms with Crippen molar-refractivity contribution in [3.8, 4) is 6.07 Å². The standard InChI is InChI=1S/C18H16Cl2N4O2/c1-2-23(9-3-8-21)14-6-4-13(5-7-14)12-22-18-16(19)10-15(24(25)26)11-17(18)20/h4-7,10-12H,2-3,9H2,1H3. The summed E-state index contributed by atoms with van der Waals surface area (Å²) in [5.74, 6) is 0. The zero-order valence-corrected chi connectivity index (χ0v) is 15.5. The minimum atomic E-state index is -0.560. The quantitative estimate of drug-likeness (QED) is 0.360. The average Bonchev–Trinajstić information content (AvgIpc) is 2.62. The van der Waals surface area contributed by atoms with E-state index in [2.05, 4.69) is 16.0 Å². The molecule has 6 nitrogen and oxygen atoms in total. The molecule has 134 valence electrons. The van der Waals surface area contributed by atoms with E-state index < -0.39 is 4.92 Å². The highest BCUT2D eigenvalue weighted by Crippen LogP contribution is 2.36. The van der Waals surface area contributed by atoms with Crippen LogP contribution in [-0.2, 0) is 0 Å². The van der Waals surface area contributed by atoms with Gasteiger partial charge in [0.1, 0.15) is 5.69 Å². The minimum Gasteiger partial charge on any atom is -0.371 e. The fraction of sp³-hybridized carbons (Fsp3) is 0.222. The molecule has 0 aromatic heterocycles. The Morgan fingerprint density at radius 3 is 2.38 bits per heavy atom. The van der Waals surface area contributed by atoms with Gasteiger partial charge >= 0.3 is 0 Å². The van der Waals surface area contributed by atoms with Gasteiger partial charge in [0.25, 0.3) is 5.69 Å². The Bertz CT molecular complexity index is 837. The van der Waals surface area contributed by atoms with Crippen LogP contribution >= 0.6 is 23.2 Å². The number of nitro benzene ring substituents is 1. The Kier molecular flexibility index (Phi) is 6.96. The summed E-state index contributed by atoms with van der Waals surface area (Å²) < 4.78 is 0. The monoisotopic (exact) mass is 390 g/mol. The third kappa shape index (κ3) is 4.94.